The Labute approximate surface area is 119 Å². The molecule has 1 unspecified atom stereocenters. The van der Waals surface area contributed by atoms with Crippen LogP contribution in [0.4, 0.5) is 5.69 Å². The van der Waals surface area contributed by atoms with E-state index >= 15 is 0 Å². The number of rotatable bonds is 5. The topological polar surface area (TPSA) is 78.9 Å². The minimum absolute atomic E-state index is 0.00441. The largest absolute Gasteiger partial charge is 0.487 e. The molecule has 1 aliphatic rings. The maximum absolute atomic E-state index is 12.1. The zero-order chi connectivity index (χ0) is 14.8. The number of hydrogen-bond donors (Lipinski definition) is 2. The van der Waals surface area contributed by atoms with E-state index in [4.69, 9.17) is 9.84 Å². The first kappa shape index (κ1) is 15.1. The highest BCUT2D eigenvalue weighted by Gasteiger charge is 2.24. The number of hydrogen-bond acceptors (Lipinski definition) is 5. The second kappa shape index (κ2) is 5.99. The minimum atomic E-state index is -3.59. The maximum Gasteiger partial charge on any atom is 0.240 e. The smallest absolute Gasteiger partial charge is 0.240 e. The molecule has 112 valence electrons. The Morgan fingerprint density at radius 3 is 2.90 bits per heavy atom. The van der Waals surface area contributed by atoms with Gasteiger partial charge in [-0.3, -0.25) is 0 Å². The predicted octanol–water partition coefficient (Wildman–Crippen LogP) is 0.564. The molecule has 1 atom stereocenters. The highest BCUT2D eigenvalue weighted by molar-refractivity contribution is 7.89. The van der Waals surface area contributed by atoms with E-state index < -0.39 is 10.0 Å². The van der Waals surface area contributed by atoms with Crippen molar-refractivity contribution in [2.45, 2.75) is 24.8 Å². The molecule has 20 heavy (non-hydrogen) atoms. The zero-order valence-electron chi connectivity index (χ0n) is 11.7. The Hall–Kier alpha value is -1.31. The first-order valence-electron chi connectivity index (χ1n) is 6.64. The van der Waals surface area contributed by atoms with Crippen LogP contribution in [0.5, 0.6) is 5.75 Å². The molecule has 0 saturated heterocycles. The molecule has 2 rings (SSSR count). The number of ether oxygens (including phenoxy) is 1. The first-order valence-corrected chi connectivity index (χ1v) is 8.12. The van der Waals surface area contributed by atoms with Gasteiger partial charge in [-0.2, -0.15) is 0 Å². The van der Waals surface area contributed by atoms with Crippen molar-refractivity contribution < 1.29 is 18.3 Å². The standard InChI is InChI=1S/C13H20N2O4S/c1-3-15-9-10(2)19-13-5-4-11(8-12(13)15)20(17,18)14-6-7-16/h4-5,8,10,14,16H,3,6-7,9H2,1-2H3. The molecular formula is C13H20N2O4S. The maximum atomic E-state index is 12.1. The second-order valence-corrected chi connectivity index (χ2v) is 6.48. The van der Waals surface area contributed by atoms with Gasteiger partial charge in [0.1, 0.15) is 11.9 Å². The monoisotopic (exact) mass is 300 g/mol. The Kier molecular flexibility index (Phi) is 4.52. The summed E-state index contributed by atoms with van der Waals surface area (Å²) in [4.78, 5) is 2.27. The number of benzene rings is 1. The van der Waals surface area contributed by atoms with E-state index in [-0.39, 0.29) is 24.2 Å². The molecule has 0 spiro atoms. The molecule has 0 bridgehead atoms. The summed E-state index contributed by atoms with van der Waals surface area (Å²) in [6.45, 7) is 5.30. The number of nitrogens with one attached hydrogen (secondary N) is 1. The van der Waals surface area contributed by atoms with Crippen molar-refractivity contribution in [3.8, 4) is 5.75 Å². The second-order valence-electron chi connectivity index (χ2n) is 4.72. The van der Waals surface area contributed by atoms with Crippen LogP contribution in [0, 0.1) is 0 Å². The Balaban J connectivity index is 2.36. The fourth-order valence-electron chi connectivity index (χ4n) is 2.24. The molecule has 0 radical (unpaired) electrons. The quantitative estimate of drug-likeness (QED) is 0.831. The number of sulfonamides is 1. The fourth-order valence-corrected chi connectivity index (χ4v) is 3.28. The van der Waals surface area contributed by atoms with Gasteiger partial charge in [0.25, 0.3) is 0 Å². The van der Waals surface area contributed by atoms with E-state index in [1.807, 2.05) is 13.8 Å². The molecule has 1 aromatic rings. The SMILES string of the molecule is CCN1CC(C)Oc2ccc(S(=O)(=O)NCCO)cc21. The lowest BCUT2D eigenvalue weighted by Gasteiger charge is -2.34. The number of anilines is 1. The lowest BCUT2D eigenvalue weighted by molar-refractivity contribution is 0.213. The van der Waals surface area contributed by atoms with Gasteiger partial charge in [0.15, 0.2) is 0 Å². The molecule has 0 fully saturated rings. The predicted molar refractivity (Wildman–Crippen MR) is 76.7 cm³/mol. The summed E-state index contributed by atoms with van der Waals surface area (Å²) in [5.74, 6) is 0.701. The third-order valence-electron chi connectivity index (χ3n) is 3.17. The van der Waals surface area contributed by atoms with Crippen molar-refractivity contribution in [1.29, 1.82) is 0 Å². The van der Waals surface area contributed by atoms with Crippen LogP contribution in [-0.2, 0) is 10.0 Å². The van der Waals surface area contributed by atoms with E-state index in [1.54, 1.807) is 12.1 Å². The molecule has 1 heterocycles. The van der Waals surface area contributed by atoms with Gasteiger partial charge in [0, 0.05) is 13.1 Å². The molecule has 7 heteroatoms. The molecular weight excluding hydrogens is 280 g/mol. The van der Waals surface area contributed by atoms with E-state index in [2.05, 4.69) is 9.62 Å². The van der Waals surface area contributed by atoms with Gasteiger partial charge in [0.05, 0.1) is 23.7 Å². The van der Waals surface area contributed by atoms with Crippen LogP contribution in [0.25, 0.3) is 0 Å². The van der Waals surface area contributed by atoms with E-state index in [0.29, 0.717) is 5.75 Å². The third kappa shape index (κ3) is 3.05. The Morgan fingerprint density at radius 1 is 1.50 bits per heavy atom. The number of aliphatic hydroxyl groups excluding tert-OH is 1. The lowest BCUT2D eigenvalue weighted by atomic mass is 10.2. The van der Waals surface area contributed by atoms with Gasteiger partial charge in [0.2, 0.25) is 10.0 Å². The minimum Gasteiger partial charge on any atom is -0.487 e. The van der Waals surface area contributed by atoms with E-state index in [1.165, 1.54) is 6.07 Å². The number of fused-ring (bicyclic) bond motifs is 1. The summed E-state index contributed by atoms with van der Waals surface area (Å²) in [6, 6.07) is 4.82. The number of nitrogens with zero attached hydrogens (tertiary/aromatic N) is 1. The van der Waals surface area contributed by atoms with Crippen molar-refractivity contribution in [2.75, 3.05) is 31.1 Å². The fraction of sp³-hybridized carbons (Fsp3) is 0.538. The van der Waals surface area contributed by atoms with Crippen molar-refractivity contribution in [2.24, 2.45) is 0 Å². The van der Waals surface area contributed by atoms with E-state index in [9.17, 15) is 8.42 Å². The summed E-state index contributed by atoms with van der Waals surface area (Å²) < 4.78 is 32.2. The summed E-state index contributed by atoms with van der Waals surface area (Å²) in [5.41, 5.74) is 0.789. The molecule has 0 saturated carbocycles. The molecule has 0 amide bonds. The van der Waals surface area contributed by atoms with Crippen molar-refractivity contribution in [1.82, 2.24) is 4.72 Å². The van der Waals surface area contributed by atoms with Crippen molar-refractivity contribution in [3.63, 3.8) is 0 Å². The average molecular weight is 300 g/mol. The average Bonchev–Trinajstić information content (AvgIpc) is 2.43. The van der Waals surface area contributed by atoms with Crippen LogP contribution in [0.15, 0.2) is 23.1 Å². The summed E-state index contributed by atoms with van der Waals surface area (Å²) >= 11 is 0. The number of likely N-dealkylation sites (N-methyl/N-ethyl adjacent to an activating group) is 1. The summed E-state index contributed by atoms with van der Waals surface area (Å²) in [6.07, 6.45) is 0.0809. The highest BCUT2D eigenvalue weighted by atomic mass is 32.2. The van der Waals surface area contributed by atoms with Gasteiger partial charge in [-0.1, -0.05) is 0 Å². The van der Waals surface area contributed by atoms with Crippen molar-refractivity contribution in [3.05, 3.63) is 18.2 Å². The van der Waals surface area contributed by atoms with Crippen LogP contribution < -0.4 is 14.4 Å². The molecule has 0 aliphatic carbocycles. The summed E-state index contributed by atoms with van der Waals surface area (Å²) in [7, 11) is -3.59. The van der Waals surface area contributed by atoms with Crippen molar-refractivity contribution >= 4 is 15.7 Å². The first-order chi connectivity index (χ1) is 9.47. The van der Waals surface area contributed by atoms with Crippen LogP contribution in [0.1, 0.15) is 13.8 Å². The zero-order valence-corrected chi connectivity index (χ0v) is 12.5. The molecule has 6 nitrogen and oxygen atoms in total. The summed E-state index contributed by atoms with van der Waals surface area (Å²) in [5, 5.41) is 8.72. The number of aliphatic hydroxyl groups is 1. The molecule has 1 aromatic carbocycles. The Morgan fingerprint density at radius 2 is 2.25 bits per heavy atom. The van der Waals surface area contributed by atoms with Gasteiger partial charge in [-0.05, 0) is 32.0 Å². The van der Waals surface area contributed by atoms with E-state index in [0.717, 1.165) is 18.8 Å². The normalized spacial score (nSPS) is 18.6. The van der Waals surface area contributed by atoms with Crippen LogP contribution in [-0.4, -0.2) is 45.9 Å². The van der Waals surface area contributed by atoms with Gasteiger partial charge < -0.3 is 14.7 Å². The highest BCUT2D eigenvalue weighted by Crippen LogP contribution is 2.35. The molecule has 0 aromatic heterocycles. The van der Waals surface area contributed by atoms with Gasteiger partial charge in [-0.25, -0.2) is 13.1 Å². The Bertz CT molecular complexity index is 574. The molecule has 1 aliphatic heterocycles. The van der Waals surface area contributed by atoms with Crippen LogP contribution in [0.3, 0.4) is 0 Å². The van der Waals surface area contributed by atoms with Crippen LogP contribution in [0.2, 0.25) is 0 Å². The van der Waals surface area contributed by atoms with Gasteiger partial charge in [-0.15, -0.1) is 0 Å². The van der Waals surface area contributed by atoms with Crippen LogP contribution >= 0.6 is 0 Å². The molecule has 2 N–H and O–H groups in total. The lowest BCUT2D eigenvalue weighted by Crippen LogP contribution is -2.38. The third-order valence-corrected chi connectivity index (χ3v) is 4.63. The van der Waals surface area contributed by atoms with Gasteiger partial charge >= 0.3 is 0 Å².